The molecule has 6 heteroatoms. The topological polar surface area (TPSA) is 39.7 Å². The van der Waals surface area contributed by atoms with Gasteiger partial charge in [-0.1, -0.05) is 11.6 Å². The highest BCUT2D eigenvalue weighted by molar-refractivity contribution is 6.30. The van der Waals surface area contributed by atoms with Gasteiger partial charge in [0.2, 0.25) is 0 Å². The number of rotatable bonds is 3. The van der Waals surface area contributed by atoms with E-state index in [1.54, 1.807) is 12.3 Å². The minimum absolute atomic E-state index is 0.0291. The van der Waals surface area contributed by atoms with Gasteiger partial charge in [-0.25, -0.2) is 0 Å². The number of nitrogens with zero attached hydrogens (tertiary/aromatic N) is 4. The number of aromatic nitrogens is 1. The van der Waals surface area contributed by atoms with Gasteiger partial charge in [0.1, 0.15) is 0 Å². The average Bonchev–Trinajstić information content (AvgIpc) is 2.64. The van der Waals surface area contributed by atoms with Crippen molar-refractivity contribution in [2.45, 2.75) is 13.0 Å². The first-order valence-corrected chi connectivity index (χ1v) is 9.43. The monoisotopic (exact) mass is 370 g/mol. The predicted octanol–water partition coefficient (Wildman–Crippen LogP) is 2.69. The summed E-state index contributed by atoms with van der Waals surface area (Å²) >= 11 is 6.06. The molecule has 0 N–H and O–H groups in total. The van der Waals surface area contributed by atoms with Crippen molar-refractivity contribution < 1.29 is 4.79 Å². The molecule has 0 bridgehead atoms. The molecular formula is C20H23ClN4O. The molecule has 0 aliphatic carbocycles. The molecule has 1 saturated heterocycles. The van der Waals surface area contributed by atoms with Crippen LogP contribution in [-0.4, -0.2) is 60.5 Å². The number of hydrogen-bond acceptors (Lipinski definition) is 4. The number of carbonyl (C=O) groups excluding carboxylic acids is 1. The van der Waals surface area contributed by atoms with E-state index in [2.05, 4.69) is 27.9 Å². The van der Waals surface area contributed by atoms with Crippen LogP contribution in [0.1, 0.15) is 21.5 Å². The Morgan fingerprint density at radius 1 is 1.08 bits per heavy atom. The minimum Gasteiger partial charge on any atom is -0.306 e. The van der Waals surface area contributed by atoms with E-state index in [0.29, 0.717) is 11.6 Å². The predicted molar refractivity (Wildman–Crippen MR) is 104 cm³/mol. The number of likely N-dealkylation sites (N-methyl/N-ethyl adjacent to an activating group) is 1. The molecule has 5 nitrogen and oxygen atoms in total. The Hall–Kier alpha value is -1.95. The summed E-state index contributed by atoms with van der Waals surface area (Å²) in [6.45, 7) is 5.86. The van der Waals surface area contributed by atoms with Crippen molar-refractivity contribution in [3.8, 4) is 0 Å². The summed E-state index contributed by atoms with van der Waals surface area (Å²) in [5.74, 6) is 0.0291. The number of piperazine rings is 1. The second-order valence-electron chi connectivity index (χ2n) is 7.14. The maximum Gasteiger partial charge on any atom is 0.258 e. The van der Waals surface area contributed by atoms with E-state index in [0.717, 1.165) is 61.5 Å². The number of halogens is 1. The third kappa shape index (κ3) is 3.61. The van der Waals surface area contributed by atoms with Gasteiger partial charge >= 0.3 is 0 Å². The Balaban J connectivity index is 1.51. The average molecular weight is 371 g/mol. The van der Waals surface area contributed by atoms with E-state index >= 15 is 0 Å². The zero-order valence-electron chi connectivity index (χ0n) is 15.0. The molecule has 2 aliphatic heterocycles. The lowest BCUT2D eigenvalue weighted by Crippen LogP contribution is -2.44. The van der Waals surface area contributed by atoms with Gasteiger partial charge in [0, 0.05) is 56.1 Å². The molecule has 1 aromatic carbocycles. The third-order valence-corrected chi connectivity index (χ3v) is 5.48. The lowest BCUT2D eigenvalue weighted by atomic mass is 9.98. The fraction of sp³-hybridized carbons (Fsp3) is 0.400. The Bertz CT molecular complexity index is 817. The highest BCUT2D eigenvalue weighted by Gasteiger charge is 2.26. The number of hydrogen-bond donors (Lipinski definition) is 0. The molecule has 0 unspecified atom stereocenters. The smallest absolute Gasteiger partial charge is 0.258 e. The second kappa shape index (κ2) is 7.35. The summed E-state index contributed by atoms with van der Waals surface area (Å²) in [5.41, 5.74) is 3.80. The molecule has 0 saturated carbocycles. The van der Waals surface area contributed by atoms with Crippen molar-refractivity contribution in [3.05, 3.63) is 58.4 Å². The highest BCUT2D eigenvalue weighted by Crippen LogP contribution is 2.27. The van der Waals surface area contributed by atoms with E-state index in [9.17, 15) is 4.79 Å². The molecule has 0 spiro atoms. The molecule has 2 aromatic rings. The summed E-state index contributed by atoms with van der Waals surface area (Å²) in [7, 11) is 2.16. The van der Waals surface area contributed by atoms with Crippen LogP contribution in [0, 0.1) is 0 Å². The van der Waals surface area contributed by atoms with Crippen LogP contribution in [-0.2, 0) is 13.0 Å². The maximum atomic E-state index is 12.9. The van der Waals surface area contributed by atoms with Crippen molar-refractivity contribution in [2.75, 3.05) is 44.7 Å². The van der Waals surface area contributed by atoms with E-state index in [-0.39, 0.29) is 5.91 Å². The molecule has 136 valence electrons. The summed E-state index contributed by atoms with van der Waals surface area (Å²) in [5, 5.41) is 0.681. The van der Waals surface area contributed by atoms with Crippen molar-refractivity contribution >= 4 is 23.2 Å². The van der Waals surface area contributed by atoms with E-state index in [1.165, 1.54) is 0 Å². The van der Waals surface area contributed by atoms with Crippen molar-refractivity contribution in [1.29, 1.82) is 0 Å². The minimum atomic E-state index is 0.0291. The zero-order chi connectivity index (χ0) is 18.1. The first-order chi connectivity index (χ1) is 12.6. The maximum absolute atomic E-state index is 12.9. The van der Waals surface area contributed by atoms with Crippen molar-refractivity contribution in [2.24, 2.45) is 0 Å². The van der Waals surface area contributed by atoms with Crippen LogP contribution in [0.15, 0.2) is 36.7 Å². The molecular weight excluding hydrogens is 348 g/mol. The molecule has 3 heterocycles. The number of anilines is 1. The molecule has 26 heavy (non-hydrogen) atoms. The molecule has 1 amide bonds. The largest absolute Gasteiger partial charge is 0.306 e. The number of amides is 1. The fourth-order valence-electron chi connectivity index (χ4n) is 3.68. The van der Waals surface area contributed by atoms with Gasteiger partial charge in [-0.3, -0.25) is 14.7 Å². The molecule has 4 rings (SSSR count). The molecule has 2 aliphatic rings. The van der Waals surface area contributed by atoms with E-state index in [1.807, 2.05) is 23.2 Å². The number of fused-ring (bicyclic) bond motifs is 1. The van der Waals surface area contributed by atoms with Gasteiger partial charge in [0.05, 0.1) is 11.9 Å². The number of carbonyl (C=O) groups is 1. The second-order valence-corrected chi connectivity index (χ2v) is 7.58. The number of pyridine rings is 1. The van der Waals surface area contributed by atoms with E-state index in [4.69, 9.17) is 11.6 Å². The standard InChI is InChI=1S/C20H23ClN4O/c1-23-6-8-24(9-7-23)14-15-10-18(13-22-12-15)25-5-4-16-11-17(21)2-3-19(16)20(25)26/h2-3,10-13H,4-9,14H2,1H3. The van der Waals surface area contributed by atoms with Gasteiger partial charge < -0.3 is 9.80 Å². The summed E-state index contributed by atoms with van der Waals surface area (Å²) in [4.78, 5) is 23.9. The fourth-order valence-corrected chi connectivity index (χ4v) is 3.87. The van der Waals surface area contributed by atoms with Crippen LogP contribution < -0.4 is 4.90 Å². The van der Waals surface area contributed by atoms with Gasteiger partial charge in [-0.15, -0.1) is 0 Å². The normalized spacial score (nSPS) is 18.8. The summed E-state index contributed by atoms with van der Waals surface area (Å²) < 4.78 is 0. The Morgan fingerprint density at radius 2 is 1.88 bits per heavy atom. The quantitative estimate of drug-likeness (QED) is 0.832. The van der Waals surface area contributed by atoms with Crippen LogP contribution >= 0.6 is 11.6 Å². The van der Waals surface area contributed by atoms with Gasteiger partial charge in [0.15, 0.2) is 0 Å². The van der Waals surface area contributed by atoms with Crippen LogP contribution in [0.25, 0.3) is 0 Å². The Morgan fingerprint density at radius 3 is 2.69 bits per heavy atom. The summed E-state index contributed by atoms with van der Waals surface area (Å²) in [6, 6.07) is 7.61. The molecule has 1 aromatic heterocycles. The van der Waals surface area contributed by atoms with Crippen LogP contribution in [0.3, 0.4) is 0 Å². The van der Waals surface area contributed by atoms with E-state index < -0.39 is 0 Å². The number of benzene rings is 1. The zero-order valence-corrected chi connectivity index (χ0v) is 15.7. The van der Waals surface area contributed by atoms with Crippen LogP contribution in [0.5, 0.6) is 0 Å². The lowest BCUT2D eigenvalue weighted by Gasteiger charge is -2.32. The Kier molecular flexibility index (Phi) is 4.94. The van der Waals surface area contributed by atoms with Gasteiger partial charge in [0.25, 0.3) is 5.91 Å². The van der Waals surface area contributed by atoms with Crippen LogP contribution in [0.2, 0.25) is 5.02 Å². The Labute approximate surface area is 159 Å². The van der Waals surface area contributed by atoms with Crippen LogP contribution in [0.4, 0.5) is 5.69 Å². The van der Waals surface area contributed by atoms with Gasteiger partial charge in [-0.2, -0.15) is 0 Å². The molecule has 0 radical (unpaired) electrons. The molecule has 0 atom stereocenters. The highest BCUT2D eigenvalue weighted by atomic mass is 35.5. The lowest BCUT2D eigenvalue weighted by molar-refractivity contribution is 0.0980. The SMILES string of the molecule is CN1CCN(Cc2cncc(N3CCc4cc(Cl)ccc4C3=O)c2)CC1. The first kappa shape index (κ1) is 17.5. The third-order valence-electron chi connectivity index (χ3n) is 5.24. The van der Waals surface area contributed by atoms with Gasteiger partial charge in [-0.05, 0) is 48.9 Å². The molecule has 1 fully saturated rings. The van der Waals surface area contributed by atoms with Crippen molar-refractivity contribution in [1.82, 2.24) is 14.8 Å². The first-order valence-electron chi connectivity index (χ1n) is 9.05. The summed E-state index contributed by atoms with van der Waals surface area (Å²) in [6.07, 6.45) is 4.50. The van der Waals surface area contributed by atoms with Crippen molar-refractivity contribution in [3.63, 3.8) is 0 Å².